The van der Waals surface area contributed by atoms with Gasteiger partial charge in [-0.1, -0.05) is 32.0 Å². The van der Waals surface area contributed by atoms with Crippen LogP contribution in [0.3, 0.4) is 0 Å². The number of halogens is 1. The van der Waals surface area contributed by atoms with Crippen LogP contribution in [-0.4, -0.2) is 27.2 Å². The van der Waals surface area contributed by atoms with E-state index in [1.165, 1.54) is 5.56 Å². The number of carbonyl (C=O) groups excluding carboxylic acids is 1. The Balaban J connectivity index is 0.00000288. The number of hydrogen-bond acceptors (Lipinski definition) is 2. The lowest BCUT2D eigenvalue weighted by molar-refractivity contribution is -0.00000971. The van der Waals surface area contributed by atoms with E-state index in [1.807, 2.05) is 48.5 Å². The molecule has 0 aliphatic rings. The molecule has 130 valence electrons. The maximum Gasteiger partial charge on any atom is 0.417 e. The summed E-state index contributed by atoms with van der Waals surface area (Å²) in [7, 11) is 6.32. The molecule has 0 saturated heterocycles. The maximum absolute atomic E-state index is 12.0. The molecule has 4 nitrogen and oxygen atoms in total. The van der Waals surface area contributed by atoms with Gasteiger partial charge in [-0.2, -0.15) is 0 Å². The predicted octanol–water partition coefficient (Wildman–Crippen LogP) is 1.62. The Labute approximate surface area is 161 Å². The molecule has 1 amide bonds. The van der Waals surface area contributed by atoms with Crippen LogP contribution < -0.4 is 38.5 Å². The molecule has 0 saturated carbocycles. The monoisotopic (exact) mass is 440 g/mol. The van der Waals surface area contributed by atoms with Crippen LogP contribution in [0.2, 0.25) is 0 Å². The second-order valence-electron chi connectivity index (χ2n) is 6.77. The third-order valence-electron chi connectivity index (χ3n) is 3.58. The number of ether oxygens (including phenoxy) is 1. The highest BCUT2D eigenvalue weighted by Crippen LogP contribution is 2.33. The zero-order valence-electron chi connectivity index (χ0n) is 14.8. The smallest absolute Gasteiger partial charge is 0.417 e. The average Bonchev–Trinajstić information content (AvgIpc) is 2.47. The van der Waals surface area contributed by atoms with E-state index in [1.54, 1.807) is 0 Å². The number of quaternary nitrogens is 1. The molecule has 5 heteroatoms. The van der Waals surface area contributed by atoms with E-state index in [0.29, 0.717) is 21.8 Å². The summed E-state index contributed by atoms with van der Waals surface area (Å²) in [4.78, 5) is 12.0. The van der Waals surface area contributed by atoms with Crippen LogP contribution in [0.15, 0.2) is 48.5 Å². The van der Waals surface area contributed by atoms with Crippen molar-refractivity contribution in [1.82, 2.24) is 4.48 Å². The van der Waals surface area contributed by atoms with Gasteiger partial charge in [0.15, 0.2) is 0 Å². The van der Waals surface area contributed by atoms with Crippen LogP contribution in [0.4, 0.5) is 16.2 Å². The summed E-state index contributed by atoms with van der Waals surface area (Å²) in [6.45, 7) is 4.33. The Hall–Kier alpha value is -1.60. The lowest BCUT2D eigenvalue weighted by Crippen LogP contribution is -3.00. The lowest BCUT2D eigenvalue weighted by Gasteiger charge is -2.27. The number of para-hydroxylation sites is 1. The Morgan fingerprint density at radius 2 is 1.67 bits per heavy atom. The minimum atomic E-state index is -0.485. The van der Waals surface area contributed by atoms with Gasteiger partial charge in [-0.3, -0.25) is 9.80 Å². The number of hydrogen-bond donors (Lipinski definition) is 1. The molecule has 1 N–H and O–H groups in total. The Morgan fingerprint density at radius 1 is 1.04 bits per heavy atom. The average molecular weight is 440 g/mol. The van der Waals surface area contributed by atoms with Crippen molar-refractivity contribution in [1.29, 1.82) is 0 Å². The van der Waals surface area contributed by atoms with Crippen LogP contribution in [0.5, 0.6) is 5.75 Å². The third kappa shape index (κ3) is 5.49. The zero-order valence-corrected chi connectivity index (χ0v) is 17.0. The minimum Gasteiger partial charge on any atom is -1.00 e. The summed E-state index contributed by atoms with van der Waals surface area (Å²) >= 11 is 0. The largest absolute Gasteiger partial charge is 1.00 e. The first-order valence-corrected chi connectivity index (χ1v) is 7.77. The molecule has 2 aromatic carbocycles. The van der Waals surface area contributed by atoms with E-state index in [2.05, 4.69) is 40.3 Å². The summed E-state index contributed by atoms with van der Waals surface area (Å²) in [5.41, 5.74) is 3.11. The highest BCUT2D eigenvalue weighted by Gasteiger charge is 2.21. The summed E-state index contributed by atoms with van der Waals surface area (Å²) < 4.78 is 6.10. The van der Waals surface area contributed by atoms with Gasteiger partial charge in [0.25, 0.3) is 0 Å². The molecular formula is C19H25IN2O2. The van der Waals surface area contributed by atoms with Crippen molar-refractivity contribution >= 4 is 17.5 Å². The summed E-state index contributed by atoms with van der Waals surface area (Å²) in [5.74, 6) is 0.959. The van der Waals surface area contributed by atoms with Crippen molar-refractivity contribution in [3.63, 3.8) is 0 Å². The first-order chi connectivity index (χ1) is 10.8. The highest BCUT2D eigenvalue weighted by atomic mass is 127. The number of amides is 1. The van der Waals surface area contributed by atoms with Crippen molar-refractivity contribution in [3.05, 3.63) is 54.1 Å². The molecule has 0 fully saturated rings. The first kappa shape index (κ1) is 20.4. The molecule has 0 atom stereocenters. The fraction of sp³-hybridized carbons (Fsp3) is 0.316. The minimum absolute atomic E-state index is 0. The standard InChI is InChI=1S/C19H24N2O2.HI/c1-14(2)17-12-11-16(13-18(17)21(3,4)5)23-19(22)20-15-9-7-6-8-10-15;/h6-14H,1-5H3;1H. The molecule has 0 heterocycles. The fourth-order valence-corrected chi connectivity index (χ4v) is 2.43. The topological polar surface area (TPSA) is 38.3 Å². The van der Waals surface area contributed by atoms with Crippen LogP contribution in [0.1, 0.15) is 25.3 Å². The quantitative estimate of drug-likeness (QED) is 0.580. The van der Waals surface area contributed by atoms with Crippen molar-refractivity contribution < 1.29 is 33.5 Å². The van der Waals surface area contributed by atoms with E-state index < -0.39 is 6.09 Å². The number of anilines is 1. The van der Waals surface area contributed by atoms with Gasteiger partial charge in [0.05, 0.1) is 21.1 Å². The maximum atomic E-state index is 12.0. The lowest BCUT2D eigenvalue weighted by atomic mass is 9.99. The Kier molecular flexibility index (Phi) is 7.23. The van der Waals surface area contributed by atoms with Crippen LogP contribution in [-0.2, 0) is 0 Å². The third-order valence-corrected chi connectivity index (χ3v) is 3.58. The molecule has 0 aliphatic carbocycles. The van der Waals surface area contributed by atoms with Crippen molar-refractivity contribution in [3.8, 4) is 5.75 Å². The molecule has 0 aromatic heterocycles. The van der Waals surface area contributed by atoms with Crippen molar-refractivity contribution in [2.45, 2.75) is 19.8 Å². The molecule has 0 radical (unpaired) electrons. The summed E-state index contributed by atoms with van der Waals surface area (Å²) in [6, 6.07) is 15.1. The fourth-order valence-electron chi connectivity index (χ4n) is 2.43. The second-order valence-corrected chi connectivity index (χ2v) is 6.77. The number of carbonyl (C=O) groups is 1. The van der Waals surface area contributed by atoms with E-state index in [9.17, 15) is 4.79 Å². The van der Waals surface area contributed by atoms with Gasteiger partial charge in [-0.05, 0) is 30.2 Å². The van der Waals surface area contributed by atoms with Crippen molar-refractivity contribution in [2.24, 2.45) is 0 Å². The van der Waals surface area contributed by atoms with E-state index in [4.69, 9.17) is 4.74 Å². The van der Waals surface area contributed by atoms with Crippen molar-refractivity contribution in [2.75, 3.05) is 26.5 Å². The first-order valence-electron chi connectivity index (χ1n) is 7.77. The van der Waals surface area contributed by atoms with E-state index in [0.717, 1.165) is 5.69 Å². The van der Waals surface area contributed by atoms with Gasteiger partial charge in [-0.15, -0.1) is 0 Å². The molecule has 0 bridgehead atoms. The molecular weight excluding hydrogens is 415 g/mol. The van der Waals surface area contributed by atoms with Gasteiger partial charge in [0, 0.05) is 17.3 Å². The molecule has 0 unspecified atom stereocenters. The number of benzene rings is 2. The Morgan fingerprint density at radius 3 is 2.21 bits per heavy atom. The highest BCUT2D eigenvalue weighted by molar-refractivity contribution is 5.86. The predicted molar refractivity (Wildman–Crippen MR) is 96.2 cm³/mol. The van der Waals surface area contributed by atoms with Gasteiger partial charge >= 0.3 is 6.09 Å². The molecule has 24 heavy (non-hydrogen) atoms. The van der Waals surface area contributed by atoms with Crippen LogP contribution >= 0.6 is 0 Å². The van der Waals surface area contributed by atoms with Crippen LogP contribution in [0, 0.1) is 0 Å². The van der Waals surface area contributed by atoms with Crippen LogP contribution in [0.25, 0.3) is 0 Å². The molecule has 2 aromatic rings. The Bertz CT molecular complexity index is 680. The van der Waals surface area contributed by atoms with Gasteiger partial charge in [0.1, 0.15) is 11.4 Å². The van der Waals surface area contributed by atoms with Gasteiger partial charge < -0.3 is 28.7 Å². The normalized spacial score (nSPS) is 10.9. The summed E-state index contributed by atoms with van der Waals surface area (Å²) in [5, 5.41) is 2.72. The SMILES string of the molecule is CC(C)c1ccc(OC(=O)Nc2ccccc2)cc1[N+](C)(C)C.[I-]. The zero-order chi connectivity index (χ0) is 17.0. The van der Waals surface area contributed by atoms with Gasteiger partial charge in [-0.25, -0.2) is 4.79 Å². The summed E-state index contributed by atoms with van der Waals surface area (Å²) in [6.07, 6.45) is -0.485. The number of nitrogens with one attached hydrogen (secondary N) is 1. The molecule has 0 spiro atoms. The number of nitrogens with zero attached hydrogens (tertiary/aromatic N) is 1. The van der Waals surface area contributed by atoms with E-state index in [-0.39, 0.29) is 24.0 Å². The van der Waals surface area contributed by atoms with Gasteiger partial charge in [0.2, 0.25) is 0 Å². The number of rotatable bonds is 4. The second kappa shape index (κ2) is 8.48. The molecule has 0 aliphatic heterocycles. The molecule has 2 rings (SSSR count). The van der Waals surface area contributed by atoms with E-state index >= 15 is 0 Å².